The molecule has 37 heavy (non-hydrogen) atoms. The van der Waals surface area contributed by atoms with Crippen molar-refractivity contribution in [1.82, 2.24) is 15.3 Å². The number of carbonyl (C=O) groups excluding carboxylic acids is 2. The van der Waals surface area contributed by atoms with Crippen LogP contribution in [0.5, 0.6) is 11.5 Å². The van der Waals surface area contributed by atoms with E-state index < -0.39 is 0 Å². The van der Waals surface area contributed by atoms with Gasteiger partial charge >= 0.3 is 0 Å². The quantitative estimate of drug-likeness (QED) is 0.281. The molecule has 0 radical (unpaired) electrons. The Morgan fingerprint density at radius 3 is 2.59 bits per heavy atom. The van der Waals surface area contributed by atoms with Gasteiger partial charge in [-0.15, -0.1) is 0 Å². The monoisotopic (exact) mass is 501 g/mol. The Morgan fingerprint density at radius 1 is 1.00 bits per heavy atom. The number of hydrogen-bond acceptors (Lipinski definition) is 5. The summed E-state index contributed by atoms with van der Waals surface area (Å²) in [4.78, 5) is 32.1. The highest BCUT2D eigenvalue weighted by Crippen LogP contribution is 2.26. The van der Waals surface area contributed by atoms with Crippen LogP contribution < -0.4 is 10.1 Å². The van der Waals surface area contributed by atoms with E-state index in [0.717, 1.165) is 11.1 Å². The van der Waals surface area contributed by atoms with Gasteiger partial charge in [0.25, 0.3) is 5.91 Å². The predicted octanol–water partition coefficient (Wildman–Crippen LogP) is 5.05. The lowest BCUT2D eigenvalue weighted by Gasteiger charge is -2.08. The summed E-state index contributed by atoms with van der Waals surface area (Å²) >= 11 is 0. The van der Waals surface area contributed by atoms with Gasteiger partial charge in [0.05, 0.1) is 23.6 Å². The smallest absolute Gasteiger partial charge is 0.252 e. The molecule has 0 saturated carbocycles. The van der Waals surface area contributed by atoms with Crippen LogP contribution in [0.3, 0.4) is 0 Å². The van der Waals surface area contributed by atoms with E-state index in [1.54, 1.807) is 62.0 Å². The van der Waals surface area contributed by atoms with Gasteiger partial charge in [0.15, 0.2) is 0 Å². The predicted molar refractivity (Wildman–Crippen MR) is 138 cm³/mol. The first-order valence-electron chi connectivity index (χ1n) is 11.9. The van der Waals surface area contributed by atoms with Gasteiger partial charge in [-0.05, 0) is 48.4 Å². The van der Waals surface area contributed by atoms with Crippen LogP contribution in [0.2, 0.25) is 0 Å². The molecule has 2 aromatic heterocycles. The van der Waals surface area contributed by atoms with Crippen molar-refractivity contribution in [2.75, 3.05) is 20.3 Å². The number of carbonyl (C=O) groups is 2. The minimum Gasteiger partial charge on any atom is -0.457 e. The number of H-pyrrole nitrogens is 1. The molecular formula is C29H28FN3O4. The van der Waals surface area contributed by atoms with Crippen LogP contribution in [-0.4, -0.2) is 41.9 Å². The highest BCUT2D eigenvalue weighted by Gasteiger charge is 2.12. The van der Waals surface area contributed by atoms with Crippen molar-refractivity contribution in [3.63, 3.8) is 0 Å². The van der Waals surface area contributed by atoms with Crippen molar-refractivity contribution < 1.29 is 23.5 Å². The molecule has 2 heterocycles. The minimum absolute atomic E-state index is 0.0564. The lowest BCUT2D eigenvalue weighted by atomic mass is 10.0. The standard InChI is InChI=1S/C29H28FN3O4/c1-19-3-8-26(30)21(13-19)15-23(34)14-20-4-6-24(7-5-20)37-25-9-10-31-28(17-25)27-16-22(18-33-27)29(35)32-11-12-36-2/h3-10,13,16-18,33H,11-12,14-15H2,1-2H3,(H,32,35). The van der Waals surface area contributed by atoms with Crippen molar-refractivity contribution >= 4 is 11.7 Å². The Bertz CT molecular complexity index is 1380. The normalized spacial score (nSPS) is 10.8. The van der Waals surface area contributed by atoms with E-state index in [1.807, 2.05) is 19.1 Å². The summed E-state index contributed by atoms with van der Waals surface area (Å²) in [6.45, 7) is 2.74. The second-order valence-electron chi connectivity index (χ2n) is 8.66. The van der Waals surface area contributed by atoms with Crippen molar-refractivity contribution in [2.45, 2.75) is 19.8 Å². The minimum atomic E-state index is -0.361. The number of ether oxygens (including phenoxy) is 2. The third-order valence-electron chi connectivity index (χ3n) is 5.69. The van der Waals surface area contributed by atoms with Crippen LogP contribution in [0.1, 0.15) is 27.0 Å². The van der Waals surface area contributed by atoms with E-state index in [2.05, 4.69) is 15.3 Å². The fraction of sp³-hybridized carbons (Fsp3) is 0.207. The number of ketones is 1. The highest BCUT2D eigenvalue weighted by atomic mass is 19.1. The zero-order valence-corrected chi connectivity index (χ0v) is 20.7. The van der Waals surface area contributed by atoms with Gasteiger partial charge in [0.2, 0.25) is 0 Å². The van der Waals surface area contributed by atoms with Crippen LogP contribution in [-0.2, 0) is 22.4 Å². The Hall–Kier alpha value is -4.30. The van der Waals surface area contributed by atoms with Crippen LogP contribution >= 0.6 is 0 Å². The molecule has 8 heteroatoms. The molecule has 0 saturated heterocycles. The van der Waals surface area contributed by atoms with Crippen molar-refractivity contribution in [3.05, 3.63) is 101 Å². The van der Waals surface area contributed by atoms with Gasteiger partial charge in [-0.3, -0.25) is 14.6 Å². The van der Waals surface area contributed by atoms with E-state index in [1.165, 1.54) is 6.07 Å². The first kappa shape index (κ1) is 25.8. The lowest BCUT2D eigenvalue weighted by molar-refractivity contribution is -0.117. The molecule has 0 aliphatic rings. The molecule has 4 aromatic rings. The first-order chi connectivity index (χ1) is 17.9. The number of aryl methyl sites for hydroxylation is 1. The Balaban J connectivity index is 1.36. The maximum atomic E-state index is 14.0. The van der Waals surface area contributed by atoms with Gasteiger partial charge in [0, 0.05) is 45.0 Å². The fourth-order valence-electron chi connectivity index (χ4n) is 3.82. The van der Waals surface area contributed by atoms with Crippen molar-refractivity contribution in [3.8, 4) is 22.9 Å². The molecule has 0 aliphatic heterocycles. The Labute approximate surface area is 214 Å². The highest BCUT2D eigenvalue weighted by molar-refractivity contribution is 5.95. The van der Waals surface area contributed by atoms with E-state index >= 15 is 0 Å². The largest absolute Gasteiger partial charge is 0.457 e. The molecule has 7 nitrogen and oxygen atoms in total. The summed E-state index contributed by atoms with van der Waals surface area (Å²) in [5, 5.41) is 2.77. The number of nitrogens with zero attached hydrogens (tertiary/aromatic N) is 1. The van der Waals surface area contributed by atoms with Gasteiger partial charge < -0.3 is 19.8 Å². The third kappa shape index (κ3) is 7.11. The van der Waals surface area contributed by atoms with Crippen LogP contribution in [0.15, 0.2) is 73.1 Å². The number of benzene rings is 2. The number of Topliss-reactive ketones (excluding diaryl/α,β-unsaturated/α-hetero) is 1. The summed E-state index contributed by atoms with van der Waals surface area (Å²) in [7, 11) is 1.58. The molecular weight excluding hydrogens is 473 g/mol. The zero-order valence-electron chi connectivity index (χ0n) is 20.7. The number of amides is 1. The number of hydrogen-bond donors (Lipinski definition) is 2. The second kappa shape index (κ2) is 12.1. The number of pyridine rings is 1. The summed E-state index contributed by atoms with van der Waals surface area (Å²) in [5.41, 5.74) is 3.96. The molecule has 2 N–H and O–H groups in total. The van der Waals surface area contributed by atoms with Crippen LogP contribution in [0.4, 0.5) is 4.39 Å². The summed E-state index contributed by atoms with van der Waals surface area (Å²) in [5.74, 6) is 0.553. The summed E-state index contributed by atoms with van der Waals surface area (Å²) in [6, 6.07) is 17.2. The molecule has 190 valence electrons. The van der Waals surface area contributed by atoms with Crippen LogP contribution in [0.25, 0.3) is 11.4 Å². The van der Waals surface area contributed by atoms with Gasteiger partial charge in [-0.25, -0.2) is 4.39 Å². The number of methoxy groups -OCH3 is 1. The first-order valence-corrected chi connectivity index (χ1v) is 11.9. The fourth-order valence-corrected chi connectivity index (χ4v) is 3.82. The number of aromatic nitrogens is 2. The molecule has 0 bridgehead atoms. The number of halogens is 1. The molecule has 2 aromatic carbocycles. The Morgan fingerprint density at radius 2 is 1.81 bits per heavy atom. The molecule has 1 amide bonds. The summed E-state index contributed by atoms with van der Waals surface area (Å²) < 4.78 is 24.9. The molecule has 0 spiro atoms. The molecule has 4 rings (SSSR count). The van der Waals surface area contributed by atoms with Gasteiger partial charge in [-0.2, -0.15) is 0 Å². The van der Waals surface area contributed by atoms with E-state index in [-0.39, 0.29) is 30.3 Å². The van der Waals surface area contributed by atoms with E-state index in [0.29, 0.717) is 47.2 Å². The van der Waals surface area contributed by atoms with E-state index in [9.17, 15) is 14.0 Å². The van der Waals surface area contributed by atoms with Crippen LogP contribution in [0, 0.1) is 12.7 Å². The average Bonchev–Trinajstić information content (AvgIpc) is 3.38. The maximum Gasteiger partial charge on any atom is 0.252 e. The van der Waals surface area contributed by atoms with Gasteiger partial charge in [-0.1, -0.05) is 29.8 Å². The topological polar surface area (TPSA) is 93.3 Å². The lowest BCUT2D eigenvalue weighted by Crippen LogP contribution is -2.26. The van der Waals surface area contributed by atoms with E-state index in [4.69, 9.17) is 9.47 Å². The third-order valence-corrected chi connectivity index (χ3v) is 5.69. The molecule has 0 atom stereocenters. The second-order valence-corrected chi connectivity index (χ2v) is 8.66. The summed E-state index contributed by atoms with van der Waals surface area (Å²) in [6.07, 6.45) is 3.52. The number of nitrogens with one attached hydrogen (secondary N) is 2. The number of aromatic amines is 1. The Kier molecular flexibility index (Phi) is 8.43. The van der Waals surface area contributed by atoms with Crippen molar-refractivity contribution in [2.24, 2.45) is 0 Å². The van der Waals surface area contributed by atoms with Crippen molar-refractivity contribution in [1.29, 1.82) is 0 Å². The number of rotatable bonds is 11. The molecule has 0 unspecified atom stereocenters. The SMILES string of the molecule is COCCNC(=O)c1c[nH]c(-c2cc(Oc3ccc(CC(=O)Cc4cc(C)ccc4F)cc3)ccn2)c1. The average molecular weight is 502 g/mol. The maximum absolute atomic E-state index is 14.0. The zero-order chi connectivity index (χ0) is 26.2. The molecule has 0 fully saturated rings. The van der Waals surface area contributed by atoms with Gasteiger partial charge in [0.1, 0.15) is 23.1 Å². The molecule has 0 aliphatic carbocycles.